The molecule has 0 spiro atoms. The second-order valence-corrected chi connectivity index (χ2v) is 6.28. The molecule has 0 N–H and O–H groups in total. The van der Waals surface area contributed by atoms with E-state index in [1.807, 2.05) is 0 Å². The first kappa shape index (κ1) is 14.9. The van der Waals surface area contributed by atoms with E-state index in [1.165, 1.54) is 18.4 Å². The summed E-state index contributed by atoms with van der Waals surface area (Å²) >= 11 is 5.91. The Morgan fingerprint density at radius 2 is 2.09 bits per heavy atom. The number of furan rings is 1. The fraction of sp³-hybridized carbons (Fsp3) is 0.143. The highest BCUT2D eigenvalue weighted by Gasteiger charge is 2.16. The third kappa shape index (κ3) is 3.26. The quantitative estimate of drug-likeness (QED) is 0.710. The summed E-state index contributed by atoms with van der Waals surface area (Å²) in [5.41, 5.74) is 0.216. The number of halogens is 2. The van der Waals surface area contributed by atoms with Gasteiger partial charge < -0.3 is 8.94 Å². The Hall–Kier alpha value is -1.99. The Bertz CT molecular complexity index is 784. The minimum Gasteiger partial charge on any atom is -0.461 e. The van der Waals surface area contributed by atoms with Gasteiger partial charge >= 0.3 is 0 Å². The summed E-state index contributed by atoms with van der Waals surface area (Å²) < 4.78 is 35.9. The zero-order valence-corrected chi connectivity index (χ0v) is 12.7. The van der Waals surface area contributed by atoms with Gasteiger partial charge in [0, 0.05) is 21.4 Å². The summed E-state index contributed by atoms with van der Waals surface area (Å²) in [6.07, 6.45) is 1.49. The Kier molecular flexibility index (Phi) is 4.35. The minimum atomic E-state index is -1.43. The molecule has 5 nitrogen and oxygen atoms in total. The summed E-state index contributed by atoms with van der Waals surface area (Å²) in [4.78, 5) is 4.09. The molecule has 1 aromatic carbocycles. The van der Waals surface area contributed by atoms with Crippen LogP contribution in [0.25, 0.3) is 11.6 Å². The molecular formula is C14H10ClFN2O3S. The molecule has 0 bridgehead atoms. The van der Waals surface area contributed by atoms with Crippen LogP contribution in [0, 0.1) is 5.82 Å². The first-order chi connectivity index (χ1) is 10.6. The highest BCUT2D eigenvalue weighted by atomic mass is 35.5. The van der Waals surface area contributed by atoms with Gasteiger partial charge in [0.05, 0.1) is 12.0 Å². The van der Waals surface area contributed by atoms with E-state index in [4.69, 9.17) is 20.5 Å². The van der Waals surface area contributed by atoms with E-state index >= 15 is 0 Å². The SMILES string of the molecule is O=S(Cc1nc(-c2ccco2)no1)Cc1c(F)cccc1Cl. The number of hydrogen-bond acceptors (Lipinski definition) is 5. The number of benzene rings is 1. The van der Waals surface area contributed by atoms with E-state index in [-0.39, 0.29) is 33.8 Å². The molecule has 1 unspecified atom stereocenters. The molecule has 0 aliphatic carbocycles. The molecule has 114 valence electrons. The normalized spacial score (nSPS) is 12.5. The molecule has 0 saturated heterocycles. The lowest BCUT2D eigenvalue weighted by molar-refractivity contribution is 0.389. The van der Waals surface area contributed by atoms with Crippen LogP contribution in [-0.2, 0) is 22.3 Å². The van der Waals surface area contributed by atoms with Crippen LogP contribution in [0.3, 0.4) is 0 Å². The lowest BCUT2D eigenvalue weighted by atomic mass is 10.2. The van der Waals surface area contributed by atoms with Crippen molar-refractivity contribution < 1.29 is 17.5 Å². The third-order valence-electron chi connectivity index (χ3n) is 2.86. The van der Waals surface area contributed by atoms with E-state index in [2.05, 4.69) is 10.1 Å². The predicted octanol–water partition coefficient (Wildman–Crippen LogP) is 3.57. The van der Waals surface area contributed by atoms with E-state index in [9.17, 15) is 8.60 Å². The third-order valence-corrected chi connectivity index (χ3v) is 4.39. The molecule has 0 amide bonds. The molecule has 8 heteroatoms. The maximum absolute atomic E-state index is 13.7. The average Bonchev–Trinajstić information content (AvgIpc) is 3.13. The zero-order valence-electron chi connectivity index (χ0n) is 11.2. The number of nitrogens with zero attached hydrogens (tertiary/aromatic N) is 2. The molecule has 22 heavy (non-hydrogen) atoms. The standard InChI is InChI=1S/C14H10ClFN2O3S/c15-10-3-1-4-11(16)9(10)7-22(19)8-13-17-14(18-21-13)12-5-2-6-20-12/h1-6H,7-8H2. The van der Waals surface area contributed by atoms with Crippen molar-refractivity contribution in [3.05, 3.63) is 58.9 Å². The molecular weight excluding hydrogens is 331 g/mol. The van der Waals surface area contributed by atoms with Crippen molar-refractivity contribution in [3.8, 4) is 11.6 Å². The summed E-state index contributed by atoms with van der Waals surface area (Å²) in [6.45, 7) is 0. The highest BCUT2D eigenvalue weighted by Crippen LogP contribution is 2.22. The molecule has 1 atom stereocenters. The Morgan fingerprint density at radius 3 is 2.82 bits per heavy atom. The Morgan fingerprint density at radius 1 is 1.23 bits per heavy atom. The van der Waals surface area contributed by atoms with Crippen LogP contribution >= 0.6 is 11.6 Å². The van der Waals surface area contributed by atoms with Gasteiger partial charge in [-0.05, 0) is 24.3 Å². The van der Waals surface area contributed by atoms with Crippen molar-refractivity contribution in [2.45, 2.75) is 11.5 Å². The van der Waals surface area contributed by atoms with Crippen LogP contribution in [0.15, 0.2) is 45.5 Å². The molecule has 3 aromatic rings. The number of hydrogen-bond donors (Lipinski definition) is 0. The van der Waals surface area contributed by atoms with Crippen LogP contribution in [-0.4, -0.2) is 14.3 Å². The zero-order chi connectivity index (χ0) is 15.5. The molecule has 3 rings (SSSR count). The summed E-state index contributed by atoms with van der Waals surface area (Å²) in [7, 11) is -1.43. The van der Waals surface area contributed by atoms with Gasteiger partial charge in [-0.2, -0.15) is 4.98 Å². The molecule has 0 aliphatic heterocycles. The van der Waals surface area contributed by atoms with Crippen molar-refractivity contribution in [2.24, 2.45) is 0 Å². The monoisotopic (exact) mass is 340 g/mol. The van der Waals surface area contributed by atoms with Crippen molar-refractivity contribution in [1.82, 2.24) is 10.1 Å². The first-order valence-corrected chi connectivity index (χ1v) is 8.14. The first-order valence-electron chi connectivity index (χ1n) is 6.28. The Balaban J connectivity index is 1.70. The van der Waals surface area contributed by atoms with Crippen LogP contribution in [0.4, 0.5) is 4.39 Å². The maximum Gasteiger partial charge on any atom is 0.239 e. The average molecular weight is 341 g/mol. The van der Waals surface area contributed by atoms with Gasteiger partial charge in [0.15, 0.2) is 5.76 Å². The summed E-state index contributed by atoms with van der Waals surface area (Å²) in [5.74, 6) is 0.432. The second-order valence-electron chi connectivity index (χ2n) is 4.42. The van der Waals surface area contributed by atoms with Crippen molar-refractivity contribution in [1.29, 1.82) is 0 Å². The molecule has 2 heterocycles. The topological polar surface area (TPSA) is 69.1 Å². The Labute approximate surface area is 132 Å². The van der Waals surface area contributed by atoms with Gasteiger partial charge in [0.2, 0.25) is 11.7 Å². The fourth-order valence-corrected chi connectivity index (χ4v) is 3.26. The maximum atomic E-state index is 13.7. The summed E-state index contributed by atoms with van der Waals surface area (Å²) in [6, 6.07) is 7.71. The van der Waals surface area contributed by atoms with E-state index in [0.717, 1.165) is 0 Å². The molecule has 2 aromatic heterocycles. The number of rotatable bonds is 5. The number of aromatic nitrogens is 2. The van der Waals surface area contributed by atoms with E-state index in [1.54, 1.807) is 18.2 Å². The van der Waals surface area contributed by atoms with Crippen LogP contribution < -0.4 is 0 Å². The van der Waals surface area contributed by atoms with E-state index in [0.29, 0.717) is 5.76 Å². The van der Waals surface area contributed by atoms with Gasteiger partial charge in [-0.25, -0.2) is 4.39 Å². The van der Waals surface area contributed by atoms with Crippen LogP contribution in [0.5, 0.6) is 0 Å². The van der Waals surface area contributed by atoms with Crippen molar-refractivity contribution in [2.75, 3.05) is 0 Å². The molecule has 0 aliphatic rings. The van der Waals surface area contributed by atoms with Crippen molar-refractivity contribution >= 4 is 22.4 Å². The highest BCUT2D eigenvalue weighted by molar-refractivity contribution is 7.83. The molecule has 0 radical (unpaired) electrons. The molecule has 0 saturated carbocycles. The lowest BCUT2D eigenvalue weighted by Gasteiger charge is -2.04. The van der Waals surface area contributed by atoms with Gasteiger partial charge in [-0.15, -0.1) is 0 Å². The minimum absolute atomic E-state index is 0.0123. The van der Waals surface area contributed by atoms with Crippen LogP contribution in [0.2, 0.25) is 5.02 Å². The van der Waals surface area contributed by atoms with Crippen LogP contribution in [0.1, 0.15) is 11.5 Å². The molecule has 0 fully saturated rings. The van der Waals surface area contributed by atoms with Gasteiger partial charge in [-0.1, -0.05) is 22.8 Å². The van der Waals surface area contributed by atoms with E-state index < -0.39 is 16.6 Å². The predicted molar refractivity (Wildman–Crippen MR) is 79.0 cm³/mol. The van der Waals surface area contributed by atoms with Gasteiger partial charge in [-0.3, -0.25) is 4.21 Å². The summed E-state index contributed by atoms with van der Waals surface area (Å²) in [5, 5.41) is 3.98. The largest absolute Gasteiger partial charge is 0.461 e. The fourth-order valence-electron chi connectivity index (χ4n) is 1.84. The van der Waals surface area contributed by atoms with Gasteiger partial charge in [0.1, 0.15) is 11.6 Å². The van der Waals surface area contributed by atoms with Gasteiger partial charge in [0.25, 0.3) is 0 Å². The smallest absolute Gasteiger partial charge is 0.239 e. The lowest BCUT2D eigenvalue weighted by Crippen LogP contribution is -2.02. The second kappa shape index (κ2) is 6.41. The van der Waals surface area contributed by atoms with Crippen molar-refractivity contribution in [3.63, 3.8) is 0 Å².